The number of carbonyl (C=O) groups is 1. The molecule has 0 bridgehead atoms. The Balaban J connectivity index is 1.70. The number of ether oxygens (including phenoxy) is 1. The first-order valence-electron chi connectivity index (χ1n) is 7.80. The third-order valence-corrected chi connectivity index (χ3v) is 4.36. The lowest BCUT2D eigenvalue weighted by atomic mass is 10.1. The minimum Gasteiger partial charge on any atom is -0.372 e. The first kappa shape index (κ1) is 16.4. The van der Waals surface area contributed by atoms with E-state index in [9.17, 15) is 4.79 Å². The van der Waals surface area contributed by atoms with Gasteiger partial charge in [0.15, 0.2) is 0 Å². The van der Waals surface area contributed by atoms with Gasteiger partial charge in [-0.05, 0) is 23.9 Å². The molecule has 1 atom stereocenters. The number of aromatic amines is 1. The van der Waals surface area contributed by atoms with Crippen molar-refractivity contribution in [3.63, 3.8) is 0 Å². The van der Waals surface area contributed by atoms with Crippen molar-refractivity contribution in [1.29, 1.82) is 0 Å². The monoisotopic (exact) mass is 341 g/mol. The molecule has 0 saturated carbocycles. The minimum atomic E-state index is -0.170. The maximum Gasteiger partial charge on any atom is 0.255 e. The quantitative estimate of drug-likeness (QED) is 0.689. The summed E-state index contributed by atoms with van der Waals surface area (Å²) in [5.74, 6) is -0.161. The maximum atomic E-state index is 12.5. The molecule has 2 heterocycles. The van der Waals surface area contributed by atoms with Gasteiger partial charge in [-0.3, -0.25) is 9.89 Å². The number of carbonyl (C=O) groups excluding carboxylic acids is 1. The number of hydrogen-bond donors (Lipinski definition) is 2. The number of aromatic nitrogens is 2. The van der Waals surface area contributed by atoms with E-state index in [0.717, 1.165) is 16.8 Å². The molecule has 5 nitrogen and oxygen atoms in total. The van der Waals surface area contributed by atoms with Crippen LogP contribution >= 0.6 is 11.3 Å². The predicted octanol–water partition coefficient (Wildman–Crippen LogP) is 3.65. The predicted molar refractivity (Wildman–Crippen MR) is 95.0 cm³/mol. The fourth-order valence-corrected chi connectivity index (χ4v) is 3.15. The second-order valence-corrected chi connectivity index (χ2v) is 6.02. The molecule has 0 aliphatic rings. The third-order valence-electron chi connectivity index (χ3n) is 3.68. The van der Waals surface area contributed by atoms with Gasteiger partial charge < -0.3 is 10.1 Å². The van der Waals surface area contributed by atoms with Crippen molar-refractivity contribution in [3.05, 3.63) is 64.5 Å². The number of nitrogens with one attached hydrogen (secondary N) is 2. The molecule has 0 aliphatic carbocycles. The minimum absolute atomic E-state index is 0.161. The molecule has 2 aromatic heterocycles. The molecule has 3 aromatic rings. The van der Waals surface area contributed by atoms with Gasteiger partial charge in [-0.1, -0.05) is 30.3 Å². The van der Waals surface area contributed by atoms with Crippen LogP contribution in [0.4, 0.5) is 0 Å². The Kier molecular flexibility index (Phi) is 5.40. The molecule has 1 aromatic carbocycles. The van der Waals surface area contributed by atoms with Crippen molar-refractivity contribution in [1.82, 2.24) is 15.5 Å². The second-order valence-electron chi connectivity index (χ2n) is 5.24. The molecule has 3 rings (SSSR count). The smallest absolute Gasteiger partial charge is 0.255 e. The van der Waals surface area contributed by atoms with Crippen LogP contribution in [0.15, 0.2) is 53.4 Å². The fraction of sp³-hybridized carbons (Fsp3) is 0.222. The van der Waals surface area contributed by atoms with Gasteiger partial charge in [0.2, 0.25) is 0 Å². The largest absolute Gasteiger partial charge is 0.372 e. The highest BCUT2D eigenvalue weighted by atomic mass is 32.1. The lowest BCUT2D eigenvalue weighted by Gasteiger charge is -2.18. The summed E-state index contributed by atoms with van der Waals surface area (Å²) in [7, 11) is 0. The zero-order valence-electron chi connectivity index (χ0n) is 13.4. The van der Waals surface area contributed by atoms with Crippen LogP contribution in [-0.4, -0.2) is 29.3 Å². The van der Waals surface area contributed by atoms with E-state index >= 15 is 0 Å². The molecule has 0 fully saturated rings. The van der Waals surface area contributed by atoms with Crippen molar-refractivity contribution in [2.45, 2.75) is 13.0 Å². The van der Waals surface area contributed by atoms with Gasteiger partial charge in [0.25, 0.3) is 5.91 Å². The van der Waals surface area contributed by atoms with Crippen LogP contribution in [0.3, 0.4) is 0 Å². The molecule has 1 amide bonds. The van der Waals surface area contributed by atoms with E-state index in [4.69, 9.17) is 4.74 Å². The van der Waals surface area contributed by atoms with E-state index in [0.29, 0.717) is 18.7 Å². The molecule has 0 aliphatic heterocycles. The van der Waals surface area contributed by atoms with Crippen LogP contribution in [0.2, 0.25) is 0 Å². The van der Waals surface area contributed by atoms with Crippen LogP contribution in [0.1, 0.15) is 28.9 Å². The Hall–Kier alpha value is -2.44. The summed E-state index contributed by atoms with van der Waals surface area (Å²) in [6.07, 6.45) is 1.39. The number of thiophene rings is 1. The lowest BCUT2D eigenvalue weighted by molar-refractivity contribution is 0.0586. The molecular weight excluding hydrogens is 322 g/mol. The first-order chi connectivity index (χ1) is 11.8. The standard InChI is InChI=1S/C18H19N3O2S/c1-2-23-16(13-6-4-3-5-7-13)11-19-18(22)15-10-20-21-17(15)14-8-9-24-12-14/h3-10,12,16H,2,11H2,1H3,(H,19,22)(H,20,21)/t16-/m0/s1. The first-order valence-corrected chi connectivity index (χ1v) is 8.74. The van der Waals surface area contributed by atoms with Gasteiger partial charge >= 0.3 is 0 Å². The van der Waals surface area contributed by atoms with Gasteiger partial charge in [-0.25, -0.2) is 0 Å². The van der Waals surface area contributed by atoms with E-state index in [2.05, 4.69) is 15.5 Å². The average molecular weight is 341 g/mol. The van der Waals surface area contributed by atoms with Crippen molar-refractivity contribution in [3.8, 4) is 11.3 Å². The van der Waals surface area contributed by atoms with Crippen LogP contribution in [0.5, 0.6) is 0 Å². The Bertz CT molecular complexity index is 769. The summed E-state index contributed by atoms with van der Waals surface area (Å²) in [6, 6.07) is 11.9. The summed E-state index contributed by atoms with van der Waals surface area (Å²) in [5.41, 5.74) is 3.29. The van der Waals surface area contributed by atoms with E-state index in [1.807, 2.05) is 54.1 Å². The Morgan fingerprint density at radius 1 is 1.33 bits per heavy atom. The molecule has 24 heavy (non-hydrogen) atoms. The molecular formula is C18H19N3O2S. The van der Waals surface area contributed by atoms with E-state index in [-0.39, 0.29) is 12.0 Å². The highest BCUT2D eigenvalue weighted by molar-refractivity contribution is 7.08. The summed E-state index contributed by atoms with van der Waals surface area (Å²) >= 11 is 1.58. The summed E-state index contributed by atoms with van der Waals surface area (Å²) < 4.78 is 5.76. The van der Waals surface area contributed by atoms with Crippen LogP contribution in [0, 0.1) is 0 Å². The zero-order valence-corrected chi connectivity index (χ0v) is 14.2. The summed E-state index contributed by atoms with van der Waals surface area (Å²) in [6.45, 7) is 2.94. The maximum absolute atomic E-state index is 12.5. The van der Waals surface area contributed by atoms with E-state index in [1.165, 1.54) is 0 Å². The Morgan fingerprint density at radius 2 is 2.17 bits per heavy atom. The molecule has 6 heteroatoms. The molecule has 0 spiro atoms. The second kappa shape index (κ2) is 7.90. The van der Waals surface area contributed by atoms with Crippen LogP contribution in [-0.2, 0) is 4.74 Å². The van der Waals surface area contributed by atoms with Crippen LogP contribution < -0.4 is 5.32 Å². The number of nitrogens with zero attached hydrogens (tertiary/aromatic N) is 1. The average Bonchev–Trinajstić information content (AvgIpc) is 3.29. The Morgan fingerprint density at radius 3 is 2.88 bits per heavy atom. The molecule has 0 radical (unpaired) electrons. The zero-order chi connectivity index (χ0) is 16.8. The summed E-state index contributed by atoms with van der Waals surface area (Å²) in [4.78, 5) is 12.5. The van der Waals surface area contributed by atoms with E-state index < -0.39 is 0 Å². The van der Waals surface area contributed by atoms with E-state index in [1.54, 1.807) is 17.5 Å². The van der Waals surface area contributed by atoms with Gasteiger partial charge in [0, 0.05) is 24.1 Å². The summed E-state index contributed by atoms with van der Waals surface area (Å²) in [5, 5.41) is 13.8. The topological polar surface area (TPSA) is 67.0 Å². The van der Waals surface area contributed by atoms with Crippen molar-refractivity contribution in [2.24, 2.45) is 0 Å². The van der Waals surface area contributed by atoms with Gasteiger partial charge in [-0.15, -0.1) is 0 Å². The lowest BCUT2D eigenvalue weighted by Crippen LogP contribution is -2.29. The van der Waals surface area contributed by atoms with Gasteiger partial charge in [0.1, 0.15) is 0 Å². The van der Waals surface area contributed by atoms with Gasteiger partial charge in [-0.2, -0.15) is 16.4 Å². The number of benzene rings is 1. The Labute approximate surface area is 144 Å². The normalized spacial score (nSPS) is 12.0. The SMILES string of the molecule is CCO[C@@H](CNC(=O)c1cn[nH]c1-c1ccsc1)c1ccccc1. The number of H-pyrrole nitrogens is 1. The molecule has 124 valence electrons. The highest BCUT2D eigenvalue weighted by Crippen LogP contribution is 2.23. The van der Waals surface area contributed by atoms with Crippen LogP contribution in [0.25, 0.3) is 11.3 Å². The van der Waals surface area contributed by atoms with Crippen molar-refractivity contribution in [2.75, 3.05) is 13.2 Å². The van der Waals surface area contributed by atoms with Crippen molar-refractivity contribution < 1.29 is 9.53 Å². The molecule has 2 N–H and O–H groups in total. The van der Waals surface area contributed by atoms with Gasteiger partial charge in [0.05, 0.1) is 23.6 Å². The third kappa shape index (κ3) is 3.72. The number of hydrogen-bond acceptors (Lipinski definition) is 4. The highest BCUT2D eigenvalue weighted by Gasteiger charge is 2.18. The van der Waals surface area contributed by atoms with Crippen molar-refractivity contribution >= 4 is 17.2 Å². The number of amides is 1. The molecule has 0 unspecified atom stereocenters. The number of rotatable bonds is 7. The fourth-order valence-electron chi connectivity index (χ4n) is 2.51. The molecule has 0 saturated heterocycles.